The molecular weight excluding hydrogens is 361 g/mol. The summed E-state index contributed by atoms with van der Waals surface area (Å²) in [7, 11) is 0. The lowest BCUT2D eigenvalue weighted by Gasteiger charge is -2.12. The van der Waals surface area contributed by atoms with E-state index in [1.807, 2.05) is 30.3 Å². The molecule has 2 heterocycles. The number of aromatic amines is 1. The Morgan fingerprint density at radius 2 is 1.89 bits per heavy atom. The van der Waals surface area contributed by atoms with Gasteiger partial charge >= 0.3 is 0 Å². The van der Waals surface area contributed by atoms with Crippen LogP contribution >= 0.6 is 0 Å². The van der Waals surface area contributed by atoms with E-state index in [0.717, 1.165) is 5.75 Å². The number of fused-ring (bicyclic) bond motifs is 1. The van der Waals surface area contributed by atoms with E-state index in [-0.39, 0.29) is 5.82 Å². The van der Waals surface area contributed by atoms with E-state index in [9.17, 15) is 4.39 Å². The molecule has 0 bridgehead atoms. The van der Waals surface area contributed by atoms with Crippen molar-refractivity contribution in [1.82, 2.24) is 19.9 Å². The molecule has 8 nitrogen and oxygen atoms in total. The molecular formula is C19H18FN7O. The minimum Gasteiger partial charge on any atom is -0.492 e. The average molecular weight is 379 g/mol. The SMILES string of the molecule is Fc1cccc(NNc2nc(NCCOc3ccccc3)nc3nc[nH]c23)c1. The summed E-state index contributed by atoms with van der Waals surface area (Å²) in [5, 5.41) is 3.12. The number of halogens is 1. The Labute approximate surface area is 160 Å². The predicted molar refractivity (Wildman–Crippen MR) is 106 cm³/mol. The fourth-order valence-electron chi connectivity index (χ4n) is 2.55. The van der Waals surface area contributed by atoms with E-state index in [0.29, 0.717) is 41.8 Å². The van der Waals surface area contributed by atoms with Crippen molar-refractivity contribution in [3.8, 4) is 5.75 Å². The number of nitrogens with one attached hydrogen (secondary N) is 4. The second kappa shape index (κ2) is 8.21. The van der Waals surface area contributed by atoms with Gasteiger partial charge in [0.2, 0.25) is 5.95 Å². The van der Waals surface area contributed by atoms with Gasteiger partial charge in [0, 0.05) is 0 Å². The number of para-hydroxylation sites is 1. The normalized spacial score (nSPS) is 10.6. The first-order valence-corrected chi connectivity index (χ1v) is 8.68. The van der Waals surface area contributed by atoms with Crippen molar-refractivity contribution in [3.63, 3.8) is 0 Å². The fraction of sp³-hybridized carbons (Fsp3) is 0.105. The first-order valence-electron chi connectivity index (χ1n) is 8.68. The van der Waals surface area contributed by atoms with Crippen LogP contribution in [0.15, 0.2) is 60.9 Å². The Morgan fingerprint density at radius 3 is 2.75 bits per heavy atom. The molecule has 28 heavy (non-hydrogen) atoms. The summed E-state index contributed by atoms with van der Waals surface area (Å²) in [6.45, 7) is 0.970. The van der Waals surface area contributed by atoms with Gasteiger partial charge < -0.3 is 15.0 Å². The standard InChI is InChI=1S/C19H18FN7O/c20-13-5-4-6-14(11-13)26-27-18-16-17(23-12-22-16)24-19(25-18)21-9-10-28-15-7-2-1-3-8-15/h1-8,11-12,26H,9-10H2,(H3,21,22,23,24,25,27). The molecule has 4 rings (SSSR count). The highest BCUT2D eigenvalue weighted by molar-refractivity contribution is 5.84. The molecule has 0 spiro atoms. The maximum atomic E-state index is 13.3. The molecule has 0 aliphatic rings. The summed E-state index contributed by atoms with van der Waals surface area (Å²) < 4.78 is 19.0. The molecule has 0 atom stereocenters. The van der Waals surface area contributed by atoms with Gasteiger partial charge in [-0.1, -0.05) is 24.3 Å². The van der Waals surface area contributed by atoms with Crippen LogP contribution in [-0.4, -0.2) is 33.1 Å². The zero-order valence-electron chi connectivity index (χ0n) is 14.8. The monoisotopic (exact) mass is 379 g/mol. The van der Waals surface area contributed by atoms with E-state index in [1.54, 1.807) is 12.1 Å². The van der Waals surface area contributed by atoms with Gasteiger partial charge in [0.05, 0.1) is 18.6 Å². The summed E-state index contributed by atoms with van der Waals surface area (Å²) in [6, 6.07) is 15.7. The van der Waals surface area contributed by atoms with Crippen LogP contribution < -0.4 is 20.9 Å². The van der Waals surface area contributed by atoms with Crippen molar-refractivity contribution < 1.29 is 9.13 Å². The third-order valence-electron chi connectivity index (χ3n) is 3.83. The highest BCUT2D eigenvalue weighted by atomic mass is 19.1. The van der Waals surface area contributed by atoms with Gasteiger partial charge in [-0.2, -0.15) is 9.97 Å². The number of ether oxygens (including phenoxy) is 1. The smallest absolute Gasteiger partial charge is 0.227 e. The Kier molecular flexibility index (Phi) is 5.14. The molecule has 0 fully saturated rings. The molecule has 0 aliphatic carbocycles. The highest BCUT2D eigenvalue weighted by Gasteiger charge is 2.10. The molecule has 0 saturated heterocycles. The number of hydrazine groups is 1. The molecule has 0 unspecified atom stereocenters. The topological polar surface area (TPSA) is 99.8 Å². The molecule has 4 N–H and O–H groups in total. The van der Waals surface area contributed by atoms with Gasteiger partial charge in [0.25, 0.3) is 0 Å². The quantitative estimate of drug-likeness (QED) is 0.275. The van der Waals surface area contributed by atoms with Crippen LogP contribution in [0.1, 0.15) is 0 Å². The lowest BCUT2D eigenvalue weighted by atomic mass is 10.3. The molecule has 0 radical (unpaired) electrons. The van der Waals surface area contributed by atoms with Crippen LogP contribution in [0.3, 0.4) is 0 Å². The number of imidazole rings is 1. The largest absolute Gasteiger partial charge is 0.492 e. The second-order valence-corrected chi connectivity index (χ2v) is 5.85. The number of benzene rings is 2. The van der Waals surface area contributed by atoms with E-state index in [2.05, 4.69) is 36.1 Å². The summed E-state index contributed by atoms with van der Waals surface area (Å²) in [5.41, 5.74) is 7.59. The van der Waals surface area contributed by atoms with Gasteiger partial charge in [0.1, 0.15) is 23.7 Å². The lowest BCUT2D eigenvalue weighted by molar-refractivity contribution is 0.332. The number of aromatic nitrogens is 4. The first-order chi connectivity index (χ1) is 13.8. The van der Waals surface area contributed by atoms with Crippen LogP contribution in [0.25, 0.3) is 11.2 Å². The molecule has 0 amide bonds. The average Bonchev–Trinajstić information content (AvgIpc) is 3.19. The van der Waals surface area contributed by atoms with Crippen LogP contribution in [0.5, 0.6) is 5.75 Å². The molecule has 4 aromatic rings. The highest BCUT2D eigenvalue weighted by Crippen LogP contribution is 2.19. The van der Waals surface area contributed by atoms with E-state index in [4.69, 9.17) is 4.74 Å². The van der Waals surface area contributed by atoms with Gasteiger partial charge in [-0.05, 0) is 30.3 Å². The summed E-state index contributed by atoms with van der Waals surface area (Å²) in [4.78, 5) is 16.0. The molecule has 2 aromatic heterocycles. The second-order valence-electron chi connectivity index (χ2n) is 5.85. The first kappa shape index (κ1) is 17.5. The zero-order chi connectivity index (χ0) is 19.2. The molecule has 142 valence electrons. The zero-order valence-corrected chi connectivity index (χ0v) is 14.8. The summed E-state index contributed by atoms with van der Waals surface area (Å²) in [5.74, 6) is 1.36. The number of H-pyrrole nitrogens is 1. The molecule has 2 aromatic carbocycles. The maximum absolute atomic E-state index is 13.3. The van der Waals surface area contributed by atoms with Crippen molar-refractivity contribution >= 4 is 28.6 Å². The van der Waals surface area contributed by atoms with Crippen molar-refractivity contribution in [2.75, 3.05) is 29.3 Å². The van der Waals surface area contributed by atoms with Gasteiger partial charge in [0.15, 0.2) is 11.5 Å². The Morgan fingerprint density at radius 1 is 1.00 bits per heavy atom. The van der Waals surface area contributed by atoms with E-state index >= 15 is 0 Å². The van der Waals surface area contributed by atoms with Crippen LogP contribution in [0.2, 0.25) is 0 Å². The number of hydrogen-bond donors (Lipinski definition) is 4. The van der Waals surface area contributed by atoms with E-state index < -0.39 is 0 Å². The van der Waals surface area contributed by atoms with Crippen molar-refractivity contribution in [2.45, 2.75) is 0 Å². The third-order valence-corrected chi connectivity index (χ3v) is 3.83. The number of hydrogen-bond acceptors (Lipinski definition) is 7. The fourth-order valence-corrected chi connectivity index (χ4v) is 2.55. The molecule has 0 aliphatic heterocycles. The van der Waals surface area contributed by atoms with Crippen molar-refractivity contribution in [3.05, 3.63) is 66.7 Å². The van der Waals surface area contributed by atoms with Crippen molar-refractivity contribution in [1.29, 1.82) is 0 Å². The third kappa shape index (κ3) is 4.26. The number of anilines is 3. The minimum atomic E-state index is -0.332. The van der Waals surface area contributed by atoms with Crippen LogP contribution in [-0.2, 0) is 0 Å². The Hall–Kier alpha value is -3.88. The van der Waals surface area contributed by atoms with Gasteiger partial charge in [-0.25, -0.2) is 9.37 Å². The van der Waals surface area contributed by atoms with Gasteiger partial charge in [-0.3, -0.25) is 10.9 Å². The Balaban J connectivity index is 1.41. The van der Waals surface area contributed by atoms with Crippen LogP contribution in [0.4, 0.5) is 21.8 Å². The number of nitrogens with zero attached hydrogens (tertiary/aromatic N) is 3. The Bertz CT molecular complexity index is 1050. The summed E-state index contributed by atoms with van der Waals surface area (Å²) in [6.07, 6.45) is 1.54. The van der Waals surface area contributed by atoms with Crippen molar-refractivity contribution in [2.24, 2.45) is 0 Å². The van der Waals surface area contributed by atoms with E-state index in [1.165, 1.54) is 18.5 Å². The predicted octanol–water partition coefficient (Wildman–Crippen LogP) is 3.42. The summed E-state index contributed by atoms with van der Waals surface area (Å²) >= 11 is 0. The number of rotatable bonds is 8. The molecule has 9 heteroatoms. The van der Waals surface area contributed by atoms with Crippen LogP contribution in [0, 0.1) is 5.82 Å². The maximum Gasteiger partial charge on any atom is 0.227 e. The minimum absolute atomic E-state index is 0.332. The molecule has 0 saturated carbocycles. The van der Waals surface area contributed by atoms with Gasteiger partial charge in [-0.15, -0.1) is 0 Å². The lowest BCUT2D eigenvalue weighted by Crippen LogP contribution is -2.16.